The average molecular weight is 247 g/mol. The van der Waals surface area contributed by atoms with Crippen LogP contribution in [-0.2, 0) is 6.54 Å². The highest BCUT2D eigenvalue weighted by atomic mass is 16.3. The van der Waals surface area contributed by atoms with Crippen LogP contribution in [0.25, 0.3) is 0 Å². The molecule has 2 heteroatoms. The molecule has 0 saturated heterocycles. The molecule has 1 aromatic rings. The molecule has 1 aromatic carbocycles. The zero-order valence-corrected chi connectivity index (χ0v) is 11.6. The smallest absolute Gasteiger partial charge is 0.0580 e. The lowest BCUT2D eigenvalue weighted by atomic mass is 9.86. The largest absolute Gasteiger partial charge is 0.393 e. The van der Waals surface area contributed by atoms with Crippen molar-refractivity contribution in [3.8, 4) is 0 Å². The van der Waals surface area contributed by atoms with Crippen LogP contribution in [0.2, 0.25) is 0 Å². The van der Waals surface area contributed by atoms with Crippen LogP contribution >= 0.6 is 0 Å². The first-order chi connectivity index (χ1) is 8.65. The van der Waals surface area contributed by atoms with Gasteiger partial charge in [0.05, 0.1) is 6.10 Å². The Labute approximate surface area is 110 Å². The molecule has 0 spiro atoms. The molecule has 0 radical (unpaired) electrons. The molecule has 0 heterocycles. The molecule has 0 bridgehead atoms. The minimum Gasteiger partial charge on any atom is -0.393 e. The quantitative estimate of drug-likeness (QED) is 0.857. The summed E-state index contributed by atoms with van der Waals surface area (Å²) in [5, 5.41) is 13.4. The Kier molecular flexibility index (Phi) is 4.79. The van der Waals surface area contributed by atoms with Gasteiger partial charge in [-0.15, -0.1) is 0 Å². The van der Waals surface area contributed by atoms with Gasteiger partial charge < -0.3 is 10.4 Å². The standard InChI is InChI=1S/C16H25NO/c1-12-7-13(2)9-14(8-12)10-17-11-15-5-3-4-6-16(15)18/h7-9,15-18H,3-6,10-11H2,1-2H3. The van der Waals surface area contributed by atoms with E-state index in [0.29, 0.717) is 5.92 Å². The fourth-order valence-electron chi connectivity index (χ4n) is 3.00. The van der Waals surface area contributed by atoms with E-state index in [4.69, 9.17) is 0 Å². The summed E-state index contributed by atoms with van der Waals surface area (Å²) in [7, 11) is 0. The van der Waals surface area contributed by atoms with Gasteiger partial charge >= 0.3 is 0 Å². The highest BCUT2D eigenvalue weighted by Crippen LogP contribution is 2.23. The van der Waals surface area contributed by atoms with Crippen LogP contribution in [0, 0.1) is 19.8 Å². The van der Waals surface area contributed by atoms with E-state index in [-0.39, 0.29) is 6.10 Å². The van der Waals surface area contributed by atoms with Gasteiger partial charge in [0.15, 0.2) is 0 Å². The lowest BCUT2D eigenvalue weighted by Crippen LogP contribution is -2.33. The van der Waals surface area contributed by atoms with Gasteiger partial charge in [-0.1, -0.05) is 42.2 Å². The molecule has 0 aliphatic heterocycles. The Hall–Kier alpha value is -0.860. The van der Waals surface area contributed by atoms with Crippen molar-refractivity contribution in [2.45, 2.75) is 52.2 Å². The van der Waals surface area contributed by atoms with Crippen molar-refractivity contribution in [1.29, 1.82) is 0 Å². The Morgan fingerprint density at radius 3 is 2.44 bits per heavy atom. The second-order valence-electron chi connectivity index (χ2n) is 5.74. The van der Waals surface area contributed by atoms with Gasteiger partial charge in [-0.25, -0.2) is 0 Å². The lowest BCUT2D eigenvalue weighted by Gasteiger charge is -2.27. The van der Waals surface area contributed by atoms with E-state index in [9.17, 15) is 5.11 Å². The van der Waals surface area contributed by atoms with Crippen molar-refractivity contribution in [2.24, 2.45) is 5.92 Å². The first-order valence-electron chi connectivity index (χ1n) is 7.11. The average Bonchev–Trinajstić information content (AvgIpc) is 2.30. The monoisotopic (exact) mass is 247 g/mol. The minimum absolute atomic E-state index is 0.0921. The zero-order valence-electron chi connectivity index (χ0n) is 11.6. The van der Waals surface area contributed by atoms with Gasteiger partial charge in [0.25, 0.3) is 0 Å². The van der Waals surface area contributed by atoms with E-state index in [1.165, 1.54) is 36.0 Å². The second-order valence-corrected chi connectivity index (χ2v) is 5.74. The van der Waals surface area contributed by atoms with Crippen molar-refractivity contribution in [1.82, 2.24) is 5.32 Å². The first kappa shape index (κ1) is 13.6. The highest BCUT2D eigenvalue weighted by Gasteiger charge is 2.22. The summed E-state index contributed by atoms with van der Waals surface area (Å²) in [5.74, 6) is 0.449. The molecule has 100 valence electrons. The number of hydrogen-bond donors (Lipinski definition) is 2. The lowest BCUT2D eigenvalue weighted by molar-refractivity contribution is 0.0695. The molecule has 2 nitrogen and oxygen atoms in total. The Balaban J connectivity index is 1.80. The van der Waals surface area contributed by atoms with E-state index < -0.39 is 0 Å². The summed E-state index contributed by atoms with van der Waals surface area (Å²) in [6.07, 6.45) is 4.52. The van der Waals surface area contributed by atoms with Gasteiger partial charge in [0.1, 0.15) is 0 Å². The molecule has 2 rings (SSSR count). The van der Waals surface area contributed by atoms with Gasteiger partial charge in [0.2, 0.25) is 0 Å². The summed E-state index contributed by atoms with van der Waals surface area (Å²) < 4.78 is 0. The van der Waals surface area contributed by atoms with Crippen molar-refractivity contribution in [2.75, 3.05) is 6.54 Å². The van der Waals surface area contributed by atoms with Crippen LogP contribution in [0.5, 0.6) is 0 Å². The van der Waals surface area contributed by atoms with E-state index >= 15 is 0 Å². The molecule has 18 heavy (non-hydrogen) atoms. The first-order valence-corrected chi connectivity index (χ1v) is 7.11. The summed E-state index contributed by atoms with van der Waals surface area (Å²) >= 11 is 0. The van der Waals surface area contributed by atoms with Gasteiger partial charge in [-0.2, -0.15) is 0 Å². The SMILES string of the molecule is Cc1cc(C)cc(CNCC2CCCCC2O)c1. The predicted molar refractivity (Wildman–Crippen MR) is 75.6 cm³/mol. The minimum atomic E-state index is -0.0921. The Morgan fingerprint density at radius 1 is 1.11 bits per heavy atom. The summed E-state index contributed by atoms with van der Waals surface area (Å²) in [5.41, 5.74) is 3.99. The molecule has 2 unspecified atom stereocenters. The van der Waals surface area contributed by atoms with Gasteiger partial charge in [0, 0.05) is 13.1 Å². The Bertz CT molecular complexity index is 368. The molecular formula is C16H25NO. The van der Waals surface area contributed by atoms with Crippen molar-refractivity contribution < 1.29 is 5.11 Å². The van der Waals surface area contributed by atoms with Crippen molar-refractivity contribution in [3.05, 3.63) is 34.9 Å². The number of aliphatic hydroxyl groups is 1. The van der Waals surface area contributed by atoms with E-state index in [2.05, 4.69) is 37.4 Å². The molecule has 1 saturated carbocycles. The van der Waals surface area contributed by atoms with Crippen molar-refractivity contribution >= 4 is 0 Å². The normalized spacial score (nSPS) is 24.2. The third-order valence-electron chi connectivity index (χ3n) is 3.89. The number of nitrogens with one attached hydrogen (secondary N) is 1. The molecule has 2 atom stereocenters. The third kappa shape index (κ3) is 3.82. The number of hydrogen-bond acceptors (Lipinski definition) is 2. The van der Waals surface area contributed by atoms with Crippen LogP contribution < -0.4 is 5.32 Å². The highest BCUT2D eigenvalue weighted by molar-refractivity contribution is 5.28. The maximum atomic E-state index is 9.91. The summed E-state index contributed by atoms with van der Waals surface area (Å²) in [6, 6.07) is 6.67. The fourth-order valence-corrected chi connectivity index (χ4v) is 3.00. The molecular weight excluding hydrogens is 222 g/mol. The zero-order chi connectivity index (χ0) is 13.0. The van der Waals surface area contributed by atoms with Crippen LogP contribution in [0.3, 0.4) is 0 Å². The summed E-state index contributed by atoms with van der Waals surface area (Å²) in [4.78, 5) is 0. The number of aryl methyl sites for hydroxylation is 2. The molecule has 2 N–H and O–H groups in total. The Morgan fingerprint density at radius 2 is 1.78 bits per heavy atom. The number of aliphatic hydroxyl groups excluding tert-OH is 1. The molecule has 0 amide bonds. The second kappa shape index (κ2) is 6.35. The van der Waals surface area contributed by atoms with Crippen molar-refractivity contribution in [3.63, 3.8) is 0 Å². The van der Waals surface area contributed by atoms with Crippen LogP contribution in [0.15, 0.2) is 18.2 Å². The maximum Gasteiger partial charge on any atom is 0.0580 e. The fraction of sp³-hybridized carbons (Fsp3) is 0.625. The van der Waals surface area contributed by atoms with Crippen LogP contribution in [-0.4, -0.2) is 17.8 Å². The molecule has 1 aliphatic rings. The molecule has 0 aromatic heterocycles. The number of rotatable bonds is 4. The van der Waals surface area contributed by atoms with E-state index in [0.717, 1.165) is 19.5 Å². The van der Waals surface area contributed by atoms with Crippen LogP contribution in [0.4, 0.5) is 0 Å². The molecule has 1 fully saturated rings. The third-order valence-corrected chi connectivity index (χ3v) is 3.89. The number of benzene rings is 1. The van der Waals surface area contributed by atoms with Gasteiger partial charge in [-0.05, 0) is 38.2 Å². The molecule has 1 aliphatic carbocycles. The maximum absolute atomic E-state index is 9.91. The topological polar surface area (TPSA) is 32.3 Å². The van der Waals surface area contributed by atoms with Gasteiger partial charge in [-0.3, -0.25) is 0 Å². The van der Waals surface area contributed by atoms with E-state index in [1.807, 2.05) is 0 Å². The van der Waals surface area contributed by atoms with Crippen LogP contribution in [0.1, 0.15) is 42.4 Å². The summed E-state index contributed by atoms with van der Waals surface area (Å²) in [6.45, 7) is 6.13. The van der Waals surface area contributed by atoms with E-state index in [1.54, 1.807) is 0 Å². The predicted octanol–water partition coefficient (Wildman–Crippen LogP) is 2.94.